The lowest BCUT2D eigenvalue weighted by Gasteiger charge is -2.26. The minimum atomic E-state index is -0.819. The van der Waals surface area contributed by atoms with Gasteiger partial charge in [0.15, 0.2) is 0 Å². The van der Waals surface area contributed by atoms with Crippen LogP contribution in [0.15, 0.2) is 66.5 Å². The van der Waals surface area contributed by atoms with Gasteiger partial charge >= 0.3 is 0 Å². The Morgan fingerprint density at radius 2 is 1.94 bits per heavy atom. The normalized spacial score (nSPS) is 17.3. The highest BCUT2D eigenvalue weighted by Gasteiger charge is 2.46. The molecule has 0 spiro atoms. The Hall–Kier alpha value is -3.64. The van der Waals surface area contributed by atoms with Gasteiger partial charge in [0.1, 0.15) is 11.5 Å². The SMILES string of the molecule is CCOc1ccc(Cl)c(/C(O)=C2\C(=O)C(=O)N(Cc3cc(C)ccc3C)C2c2cccnc2)c1. The van der Waals surface area contributed by atoms with Gasteiger partial charge < -0.3 is 14.7 Å². The van der Waals surface area contributed by atoms with Crippen molar-refractivity contribution in [2.75, 3.05) is 6.61 Å². The molecule has 1 aliphatic heterocycles. The highest BCUT2D eigenvalue weighted by molar-refractivity contribution is 6.47. The maximum absolute atomic E-state index is 13.3. The molecule has 0 radical (unpaired) electrons. The molecule has 1 fully saturated rings. The second-order valence-electron chi connectivity index (χ2n) is 8.22. The fourth-order valence-electron chi connectivity index (χ4n) is 4.17. The second-order valence-corrected chi connectivity index (χ2v) is 8.63. The summed E-state index contributed by atoms with van der Waals surface area (Å²) in [5.74, 6) is -1.30. The summed E-state index contributed by atoms with van der Waals surface area (Å²) in [5.41, 5.74) is 3.79. The van der Waals surface area contributed by atoms with Crippen molar-refractivity contribution in [3.8, 4) is 5.75 Å². The number of aliphatic hydroxyl groups excluding tert-OH is 1. The van der Waals surface area contributed by atoms with Gasteiger partial charge in [-0.05, 0) is 61.7 Å². The van der Waals surface area contributed by atoms with Gasteiger partial charge in [-0.1, -0.05) is 41.4 Å². The van der Waals surface area contributed by atoms with Crippen LogP contribution >= 0.6 is 11.6 Å². The number of nitrogens with zero attached hydrogens (tertiary/aromatic N) is 2. The van der Waals surface area contributed by atoms with E-state index in [0.717, 1.165) is 16.7 Å². The quantitative estimate of drug-likeness (QED) is 0.294. The van der Waals surface area contributed by atoms with Gasteiger partial charge in [0.25, 0.3) is 11.7 Å². The molecule has 1 unspecified atom stereocenters. The van der Waals surface area contributed by atoms with Gasteiger partial charge in [0.2, 0.25) is 0 Å². The van der Waals surface area contributed by atoms with Crippen LogP contribution in [0.4, 0.5) is 0 Å². The second kappa shape index (κ2) is 9.69. The molecule has 1 N–H and O–H groups in total. The number of aromatic nitrogens is 1. The Balaban J connectivity index is 1.88. The van der Waals surface area contributed by atoms with Crippen LogP contribution in [-0.2, 0) is 16.1 Å². The molecule has 4 rings (SSSR count). The van der Waals surface area contributed by atoms with Crippen molar-refractivity contribution >= 4 is 29.1 Å². The van der Waals surface area contributed by atoms with E-state index in [9.17, 15) is 14.7 Å². The fraction of sp³-hybridized carbons (Fsp3) is 0.222. The number of ketones is 1. The molecule has 2 heterocycles. The van der Waals surface area contributed by atoms with E-state index >= 15 is 0 Å². The maximum Gasteiger partial charge on any atom is 0.295 e. The summed E-state index contributed by atoms with van der Waals surface area (Å²) in [4.78, 5) is 32.2. The molecule has 0 bridgehead atoms. The largest absolute Gasteiger partial charge is 0.507 e. The smallest absolute Gasteiger partial charge is 0.295 e. The number of Topliss-reactive ketones (excluding diaryl/α,β-unsaturated/α-hetero) is 1. The van der Waals surface area contributed by atoms with E-state index in [1.54, 1.807) is 42.7 Å². The van der Waals surface area contributed by atoms with Crippen LogP contribution in [0.25, 0.3) is 5.76 Å². The van der Waals surface area contributed by atoms with Crippen LogP contribution in [0, 0.1) is 13.8 Å². The van der Waals surface area contributed by atoms with Crippen LogP contribution in [0.3, 0.4) is 0 Å². The van der Waals surface area contributed by atoms with Crippen molar-refractivity contribution in [2.45, 2.75) is 33.4 Å². The first kappa shape index (κ1) is 23.5. The summed E-state index contributed by atoms with van der Waals surface area (Å²) in [6.45, 7) is 6.42. The van der Waals surface area contributed by atoms with E-state index in [2.05, 4.69) is 4.98 Å². The van der Waals surface area contributed by atoms with Gasteiger partial charge in [-0.3, -0.25) is 14.6 Å². The first-order valence-corrected chi connectivity index (χ1v) is 11.4. The molecule has 6 nitrogen and oxygen atoms in total. The van der Waals surface area contributed by atoms with Gasteiger partial charge in [0, 0.05) is 24.5 Å². The number of pyridine rings is 1. The van der Waals surface area contributed by atoms with Crippen molar-refractivity contribution in [3.63, 3.8) is 0 Å². The van der Waals surface area contributed by atoms with Crippen LogP contribution in [0.5, 0.6) is 5.75 Å². The summed E-state index contributed by atoms with van der Waals surface area (Å²) >= 11 is 6.38. The standard InChI is InChI=1S/C27H25ClN2O4/c1-4-34-20-9-10-22(28)21(13-20)25(31)23-24(18-6-5-11-29-14-18)30(27(33)26(23)32)15-19-12-16(2)7-8-17(19)3/h5-14,24,31H,4,15H2,1-3H3/b25-23+. The zero-order chi connectivity index (χ0) is 24.4. The molecule has 1 aliphatic rings. The minimum absolute atomic E-state index is 0.0288. The molecule has 7 heteroatoms. The van der Waals surface area contributed by atoms with E-state index in [1.165, 1.54) is 4.90 Å². The average molecular weight is 477 g/mol. The zero-order valence-corrected chi connectivity index (χ0v) is 20.0. The van der Waals surface area contributed by atoms with Crippen molar-refractivity contribution in [1.82, 2.24) is 9.88 Å². The van der Waals surface area contributed by atoms with E-state index in [1.807, 2.05) is 39.0 Å². The van der Waals surface area contributed by atoms with E-state index < -0.39 is 17.7 Å². The van der Waals surface area contributed by atoms with Crippen LogP contribution < -0.4 is 4.74 Å². The first-order chi connectivity index (χ1) is 16.3. The molecule has 1 amide bonds. The summed E-state index contributed by atoms with van der Waals surface area (Å²) < 4.78 is 5.53. The topological polar surface area (TPSA) is 79.7 Å². The number of amides is 1. The number of benzene rings is 2. The minimum Gasteiger partial charge on any atom is -0.507 e. The third kappa shape index (κ3) is 4.41. The number of hydrogen-bond acceptors (Lipinski definition) is 5. The predicted octanol–water partition coefficient (Wildman–Crippen LogP) is 5.37. The predicted molar refractivity (Wildman–Crippen MR) is 131 cm³/mol. The molecule has 0 saturated carbocycles. The molecular weight excluding hydrogens is 452 g/mol. The lowest BCUT2D eigenvalue weighted by Crippen LogP contribution is -2.29. The highest BCUT2D eigenvalue weighted by atomic mass is 35.5. The number of ether oxygens (including phenoxy) is 1. The van der Waals surface area contributed by atoms with Gasteiger partial charge in [-0.2, -0.15) is 0 Å². The molecule has 2 aromatic carbocycles. The molecule has 0 aliphatic carbocycles. The van der Waals surface area contributed by atoms with E-state index in [0.29, 0.717) is 17.9 Å². The number of carbonyl (C=O) groups excluding carboxylic acids is 2. The first-order valence-electron chi connectivity index (χ1n) is 11.0. The molecule has 1 atom stereocenters. The van der Waals surface area contributed by atoms with Gasteiger partial charge in [-0.25, -0.2) is 0 Å². The van der Waals surface area contributed by atoms with Crippen molar-refractivity contribution in [3.05, 3.63) is 99.3 Å². The van der Waals surface area contributed by atoms with Crippen molar-refractivity contribution in [2.24, 2.45) is 0 Å². The average Bonchev–Trinajstić information content (AvgIpc) is 3.08. The summed E-state index contributed by atoms with van der Waals surface area (Å²) in [5, 5.41) is 11.6. The molecule has 174 valence electrons. The number of halogens is 1. The van der Waals surface area contributed by atoms with Gasteiger partial charge in [0.05, 0.1) is 23.2 Å². The number of hydrogen-bond donors (Lipinski definition) is 1. The van der Waals surface area contributed by atoms with Crippen molar-refractivity contribution in [1.29, 1.82) is 0 Å². The van der Waals surface area contributed by atoms with Crippen LogP contribution in [-0.4, -0.2) is 33.3 Å². The molecule has 34 heavy (non-hydrogen) atoms. The number of aryl methyl sites for hydroxylation is 2. The Labute approximate surface area is 203 Å². The van der Waals surface area contributed by atoms with E-state index in [4.69, 9.17) is 16.3 Å². The molecule has 3 aromatic rings. The summed E-state index contributed by atoms with van der Waals surface area (Å²) in [6.07, 6.45) is 3.21. The Bertz CT molecular complexity index is 1290. The van der Waals surface area contributed by atoms with Gasteiger partial charge in [-0.15, -0.1) is 0 Å². The molecule has 1 aromatic heterocycles. The number of rotatable bonds is 6. The number of aliphatic hydroxyl groups is 1. The summed E-state index contributed by atoms with van der Waals surface area (Å²) in [6, 6.07) is 13.5. The zero-order valence-electron chi connectivity index (χ0n) is 19.2. The number of likely N-dealkylation sites (tertiary alicyclic amines) is 1. The third-order valence-corrected chi connectivity index (χ3v) is 6.22. The maximum atomic E-state index is 13.3. The fourth-order valence-corrected chi connectivity index (χ4v) is 4.38. The van der Waals surface area contributed by atoms with Crippen molar-refractivity contribution < 1.29 is 19.4 Å². The Kier molecular flexibility index (Phi) is 6.70. The Morgan fingerprint density at radius 3 is 2.65 bits per heavy atom. The third-order valence-electron chi connectivity index (χ3n) is 5.89. The lowest BCUT2D eigenvalue weighted by molar-refractivity contribution is -0.140. The monoisotopic (exact) mass is 476 g/mol. The summed E-state index contributed by atoms with van der Waals surface area (Å²) in [7, 11) is 0. The number of carbonyl (C=O) groups is 2. The Morgan fingerprint density at radius 1 is 1.15 bits per heavy atom. The lowest BCUT2D eigenvalue weighted by atomic mass is 9.95. The molecular formula is C27H25ClN2O4. The van der Waals surface area contributed by atoms with Crippen LogP contribution in [0.1, 0.15) is 40.8 Å². The van der Waals surface area contributed by atoms with Crippen LogP contribution in [0.2, 0.25) is 5.02 Å². The molecule has 1 saturated heterocycles. The highest BCUT2D eigenvalue weighted by Crippen LogP contribution is 2.41. The van der Waals surface area contributed by atoms with E-state index in [-0.39, 0.29) is 28.5 Å².